The highest BCUT2D eigenvalue weighted by atomic mass is 35.5. The fraction of sp³-hybridized carbons (Fsp3) is 0.571. The Kier molecular flexibility index (Phi) is 5.76. The van der Waals surface area contributed by atoms with Crippen LogP contribution in [0.2, 0.25) is 0 Å². The lowest BCUT2D eigenvalue weighted by Gasteiger charge is -2.22. The van der Waals surface area contributed by atoms with Crippen molar-refractivity contribution in [1.82, 2.24) is 0 Å². The molecule has 0 heterocycles. The normalized spacial score (nSPS) is 17.1. The Labute approximate surface area is 115 Å². The Balaban J connectivity index is 0.00000162. The van der Waals surface area contributed by atoms with E-state index in [4.69, 9.17) is 15.2 Å². The van der Waals surface area contributed by atoms with Crippen LogP contribution in [0.1, 0.15) is 37.3 Å². The molecule has 1 aliphatic carbocycles. The molecule has 2 N–H and O–H groups in total. The van der Waals surface area contributed by atoms with Gasteiger partial charge in [-0.2, -0.15) is 0 Å². The first-order valence-corrected chi connectivity index (χ1v) is 6.24. The fourth-order valence-corrected chi connectivity index (χ4v) is 2.74. The van der Waals surface area contributed by atoms with Gasteiger partial charge in [0, 0.05) is 11.6 Å². The molecule has 0 aliphatic heterocycles. The lowest BCUT2D eigenvalue weighted by Crippen LogP contribution is -2.20. The average Bonchev–Trinajstić information content (AvgIpc) is 2.90. The summed E-state index contributed by atoms with van der Waals surface area (Å²) >= 11 is 0. The van der Waals surface area contributed by atoms with E-state index in [-0.39, 0.29) is 18.4 Å². The first-order valence-electron chi connectivity index (χ1n) is 6.24. The molecule has 102 valence electrons. The minimum absolute atomic E-state index is 0. The molecule has 18 heavy (non-hydrogen) atoms. The quantitative estimate of drug-likeness (QED) is 0.914. The van der Waals surface area contributed by atoms with Gasteiger partial charge in [-0.3, -0.25) is 0 Å². The highest BCUT2D eigenvalue weighted by molar-refractivity contribution is 5.85. The van der Waals surface area contributed by atoms with E-state index in [9.17, 15) is 0 Å². The van der Waals surface area contributed by atoms with E-state index in [2.05, 4.69) is 0 Å². The standard InChI is InChI=1S/C14H21NO2.ClH/c1-16-12-9-5-8-11(14(12)17-2)13(15)10-6-3-4-7-10;/h5,8-10,13H,3-4,6-7,15H2,1-2H3;1H/t13-;/m0./s1. The van der Waals surface area contributed by atoms with Gasteiger partial charge in [-0.05, 0) is 24.8 Å². The molecule has 1 saturated carbocycles. The van der Waals surface area contributed by atoms with E-state index < -0.39 is 0 Å². The zero-order chi connectivity index (χ0) is 12.3. The van der Waals surface area contributed by atoms with Crippen LogP contribution in [-0.2, 0) is 0 Å². The fourth-order valence-electron chi connectivity index (χ4n) is 2.74. The number of hydrogen-bond donors (Lipinski definition) is 1. The third-order valence-corrected chi connectivity index (χ3v) is 3.70. The Hall–Kier alpha value is -0.930. The van der Waals surface area contributed by atoms with Crippen molar-refractivity contribution < 1.29 is 9.47 Å². The molecule has 0 spiro atoms. The number of nitrogens with two attached hydrogens (primary N) is 1. The van der Waals surface area contributed by atoms with Crippen molar-refractivity contribution in [1.29, 1.82) is 0 Å². The van der Waals surface area contributed by atoms with Gasteiger partial charge in [0.2, 0.25) is 0 Å². The highest BCUT2D eigenvalue weighted by Crippen LogP contribution is 2.40. The Bertz CT molecular complexity index is 378. The summed E-state index contributed by atoms with van der Waals surface area (Å²) < 4.78 is 10.8. The predicted molar refractivity (Wildman–Crippen MR) is 75.7 cm³/mol. The van der Waals surface area contributed by atoms with Crippen LogP contribution in [0.4, 0.5) is 0 Å². The van der Waals surface area contributed by atoms with Crippen molar-refractivity contribution in [3.8, 4) is 11.5 Å². The van der Waals surface area contributed by atoms with E-state index in [0.29, 0.717) is 5.92 Å². The molecule has 1 aromatic rings. The van der Waals surface area contributed by atoms with Gasteiger partial charge in [0.05, 0.1) is 14.2 Å². The summed E-state index contributed by atoms with van der Waals surface area (Å²) in [4.78, 5) is 0. The molecule has 0 radical (unpaired) electrons. The number of para-hydroxylation sites is 1. The molecule has 1 fully saturated rings. The lowest BCUT2D eigenvalue weighted by molar-refractivity contribution is 0.342. The van der Waals surface area contributed by atoms with Crippen molar-refractivity contribution >= 4 is 12.4 Å². The summed E-state index contributed by atoms with van der Waals surface area (Å²) in [6, 6.07) is 5.99. The smallest absolute Gasteiger partial charge is 0.165 e. The minimum Gasteiger partial charge on any atom is -0.493 e. The Morgan fingerprint density at radius 1 is 1.17 bits per heavy atom. The summed E-state index contributed by atoms with van der Waals surface area (Å²) in [6.45, 7) is 0. The number of hydrogen-bond acceptors (Lipinski definition) is 3. The number of halogens is 1. The third-order valence-electron chi connectivity index (χ3n) is 3.70. The van der Waals surface area contributed by atoms with Crippen molar-refractivity contribution in [2.75, 3.05) is 14.2 Å². The van der Waals surface area contributed by atoms with Crippen LogP contribution in [0, 0.1) is 5.92 Å². The van der Waals surface area contributed by atoms with Crippen molar-refractivity contribution in [3.05, 3.63) is 23.8 Å². The largest absolute Gasteiger partial charge is 0.493 e. The molecule has 0 aromatic heterocycles. The SMILES string of the molecule is COc1cccc([C@@H](N)C2CCCC2)c1OC.Cl. The third kappa shape index (κ3) is 2.90. The summed E-state index contributed by atoms with van der Waals surface area (Å²) in [6.07, 6.45) is 5.04. The minimum atomic E-state index is 0. The van der Waals surface area contributed by atoms with Crippen molar-refractivity contribution in [2.24, 2.45) is 11.7 Å². The van der Waals surface area contributed by atoms with Gasteiger partial charge < -0.3 is 15.2 Å². The molecule has 0 unspecified atom stereocenters. The summed E-state index contributed by atoms with van der Waals surface area (Å²) in [5.41, 5.74) is 7.43. The zero-order valence-electron chi connectivity index (χ0n) is 11.0. The van der Waals surface area contributed by atoms with Crippen LogP contribution >= 0.6 is 12.4 Å². The second kappa shape index (κ2) is 6.86. The molecule has 0 amide bonds. The summed E-state index contributed by atoms with van der Waals surface area (Å²) in [7, 11) is 3.32. The number of ether oxygens (including phenoxy) is 2. The molecule has 0 bridgehead atoms. The Morgan fingerprint density at radius 3 is 2.39 bits per heavy atom. The summed E-state index contributed by atoms with van der Waals surface area (Å²) in [5.74, 6) is 2.13. The number of benzene rings is 1. The van der Waals surface area contributed by atoms with Crippen LogP contribution in [0.15, 0.2) is 18.2 Å². The van der Waals surface area contributed by atoms with Gasteiger partial charge >= 0.3 is 0 Å². The Morgan fingerprint density at radius 2 is 1.83 bits per heavy atom. The number of methoxy groups -OCH3 is 2. The average molecular weight is 272 g/mol. The van der Waals surface area contributed by atoms with Crippen molar-refractivity contribution in [3.63, 3.8) is 0 Å². The number of rotatable bonds is 4. The maximum Gasteiger partial charge on any atom is 0.165 e. The van der Waals surface area contributed by atoms with Gasteiger partial charge in [0.15, 0.2) is 11.5 Å². The van der Waals surface area contributed by atoms with E-state index >= 15 is 0 Å². The van der Waals surface area contributed by atoms with Crippen LogP contribution in [0.5, 0.6) is 11.5 Å². The monoisotopic (exact) mass is 271 g/mol. The highest BCUT2D eigenvalue weighted by Gasteiger charge is 2.26. The van der Waals surface area contributed by atoms with E-state index in [1.54, 1.807) is 14.2 Å². The molecule has 2 rings (SSSR count). The molecule has 0 saturated heterocycles. The van der Waals surface area contributed by atoms with E-state index in [1.165, 1.54) is 25.7 Å². The van der Waals surface area contributed by atoms with Gasteiger partial charge in [-0.1, -0.05) is 25.0 Å². The van der Waals surface area contributed by atoms with E-state index in [1.807, 2.05) is 18.2 Å². The van der Waals surface area contributed by atoms with Gasteiger partial charge in [0.25, 0.3) is 0 Å². The molecule has 1 aromatic carbocycles. The second-order valence-electron chi connectivity index (χ2n) is 4.65. The predicted octanol–water partition coefficient (Wildman–Crippen LogP) is 3.32. The van der Waals surface area contributed by atoms with Crippen LogP contribution in [-0.4, -0.2) is 14.2 Å². The molecular formula is C14H22ClNO2. The van der Waals surface area contributed by atoms with Gasteiger partial charge in [-0.15, -0.1) is 12.4 Å². The van der Waals surface area contributed by atoms with Gasteiger partial charge in [0.1, 0.15) is 0 Å². The van der Waals surface area contributed by atoms with Gasteiger partial charge in [-0.25, -0.2) is 0 Å². The van der Waals surface area contributed by atoms with Crippen molar-refractivity contribution in [2.45, 2.75) is 31.7 Å². The second-order valence-corrected chi connectivity index (χ2v) is 4.65. The van der Waals surface area contributed by atoms with Crippen LogP contribution in [0.3, 0.4) is 0 Å². The summed E-state index contributed by atoms with van der Waals surface area (Å²) in [5, 5.41) is 0. The topological polar surface area (TPSA) is 44.5 Å². The first kappa shape index (κ1) is 15.1. The molecular weight excluding hydrogens is 250 g/mol. The van der Waals surface area contributed by atoms with Crippen LogP contribution in [0.25, 0.3) is 0 Å². The molecule has 1 atom stereocenters. The zero-order valence-corrected chi connectivity index (χ0v) is 11.8. The molecule has 1 aliphatic rings. The molecule has 3 nitrogen and oxygen atoms in total. The maximum absolute atomic E-state index is 6.36. The lowest BCUT2D eigenvalue weighted by atomic mass is 9.91. The first-order chi connectivity index (χ1) is 8.27. The maximum atomic E-state index is 6.36. The van der Waals surface area contributed by atoms with E-state index in [0.717, 1.165) is 17.1 Å². The van der Waals surface area contributed by atoms with Crippen LogP contribution < -0.4 is 15.2 Å². The molecule has 4 heteroatoms.